The summed E-state index contributed by atoms with van der Waals surface area (Å²) in [5, 5.41) is 7.65. The number of rotatable bonds is 5. The summed E-state index contributed by atoms with van der Waals surface area (Å²) >= 11 is 5.77. The summed E-state index contributed by atoms with van der Waals surface area (Å²) in [6.07, 6.45) is 3.52. The zero-order valence-electron chi connectivity index (χ0n) is 15.7. The number of anilines is 1. The largest absolute Gasteiger partial charge is 0.311 e. The van der Waals surface area contributed by atoms with Gasteiger partial charge in [0.1, 0.15) is 11.0 Å². The molecule has 0 saturated heterocycles. The van der Waals surface area contributed by atoms with Gasteiger partial charge in [0.05, 0.1) is 19.2 Å². The van der Waals surface area contributed by atoms with Crippen LogP contribution in [0.15, 0.2) is 54.9 Å². The molecule has 1 amide bonds. The van der Waals surface area contributed by atoms with Crippen molar-refractivity contribution in [2.24, 2.45) is 0 Å². The van der Waals surface area contributed by atoms with Crippen LogP contribution >= 0.6 is 11.6 Å². The molecule has 0 saturated carbocycles. The Kier molecular flexibility index (Phi) is 5.61. The van der Waals surface area contributed by atoms with Crippen molar-refractivity contribution >= 4 is 23.3 Å². The lowest BCUT2D eigenvalue weighted by molar-refractivity contribution is -0.115. The maximum atomic E-state index is 12.3. The van der Waals surface area contributed by atoms with Gasteiger partial charge < -0.3 is 5.32 Å². The van der Waals surface area contributed by atoms with Gasteiger partial charge in [-0.3, -0.25) is 4.79 Å². The third-order valence-corrected chi connectivity index (χ3v) is 4.51. The van der Waals surface area contributed by atoms with Gasteiger partial charge in [-0.25, -0.2) is 9.67 Å². The fourth-order valence-electron chi connectivity index (χ4n) is 2.73. The van der Waals surface area contributed by atoms with E-state index in [1.54, 1.807) is 35.3 Å². The first-order chi connectivity index (χ1) is 12.8. The topological polar surface area (TPSA) is 59.8 Å². The fourth-order valence-corrected chi connectivity index (χ4v) is 2.84. The number of nitrogens with zero attached hydrogens (tertiary/aromatic N) is 3. The molecule has 0 atom stereocenters. The highest BCUT2D eigenvalue weighted by Crippen LogP contribution is 2.22. The van der Waals surface area contributed by atoms with Crippen LogP contribution in [0.4, 0.5) is 5.82 Å². The number of aromatic nitrogens is 3. The van der Waals surface area contributed by atoms with Crippen molar-refractivity contribution in [2.45, 2.75) is 39.2 Å². The summed E-state index contributed by atoms with van der Waals surface area (Å²) in [5.74, 6) is 0.547. The molecule has 3 aromatic rings. The first kappa shape index (κ1) is 19.1. The standard InChI is InChI=1S/C21H23ClN4O/c1-21(2,3)17-7-4-15(5-8-17)14-26-19(10-11-24-26)25-20(27)12-16-6-9-18(22)23-13-16/h4-11,13H,12,14H2,1-3H3,(H,25,27). The minimum absolute atomic E-state index is 0.121. The minimum Gasteiger partial charge on any atom is -0.311 e. The van der Waals surface area contributed by atoms with Crippen LogP contribution in [-0.4, -0.2) is 20.7 Å². The Hall–Kier alpha value is -2.66. The van der Waals surface area contributed by atoms with E-state index in [-0.39, 0.29) is 17.7 Å². The number of benzene rings is 1. The predicted molar refractivity (Wildman–Crippen MR) is 108 cm³/mol. The van der Waals surface area contributed by atoms with E-state index in [9.17, 15) is 4.79 Å². The molecule has 5 nitrogen and oxygen atoms in total. The molecule has 0 aliphatic rings. The van der Waals surface area contributed by atoms with Gasteiger partial charge >= 0.3 is 0 Å². The third kappa shape index (κ3) is 5.17. The molecule has 1 N–H and O–H groups in total. The van der Waals surface area contributed by atoms with Crippen molar-refractivity contribution in [3.8, 4) is 0 Å². The molecule has 2 aromatic heterocycles. The highest BCUT2D eigenvalue weighted by molar-refractivity contribution is 6.29. The fraction of sp³-hybridized carbons (Fsp3) is 0.286. The van der Waals surface area contributed by atoms with Gasteiger partial charge in [-0.2, -0.15) is 5.10 Å². The number of hydrogen-bond acceptors (Lipinski definition) is 3. The number of hydrogen-bond donors (Lipinski definition) is 1. The van der Waals surface area contributed by atoms with Gasteiger partial charge in [-0.1, -0.05) is 62.7 Å². The van der Waals surface area contributed by atoms with Crippen molar-refractivity contribution in [2.75, 3.05) is 5.32 Å². The van der Waals surface area contributed by atoms with Crippen LogP contribution in [-0.2, 0) is 23.2 Å². The van der Waals surface area contributed by atoms with E-state index in [4.69, 9.17) is 11.6 Å². The second-order valence-electron chi connectivity index (χ2n) is 7.54. The van der Waals surface area contributed by atoms with E-state index < -0.39 is 0 Å². The predicted octanol–water partition coefficient (Wildman–Crippen LogP) is 4.46. The van der Waals surface area contributed by atoms with E-state index in [1.807, 2.05) is 0 Å². The van der Waals surface area contributed by atoms with Gasteiger partial charge in [-0.05, 0) is 28.2 Å². The second-order valence-corrected chi connectivity index (χ2v) is 7.92. The van der Waals surface area contributed by atoms with E-state index in [1.165, 1.54) is 5.56 Å². The smallest absolute Gasteiger partial charge is 0.229 e. The number of carbonyl (C=O) groups excluding carboxylic acids is 1. The zero-order chi connectivity index (χ0) is 19.4. The maximum absolute atomic E-state index is 12.3. The molecule has 27 heavy (non-hydrogen) atoms. The Bertz CT molecular complexity index is 909. The molecule has 2 heterocycles. The minimum atomic E-state index is -0.121. The summed E-state index contributed by atoms with van der Waals surface area (Å²) in [6, 6.07) is 13.8. The molecule has 1 aromatic carbocycles. The number of amides is 1. The Morgan fingerprint density at radius 2 is 1.78 bits per heavy atom. The van der Waals surface area contributed by atoms with Crippen LogP contribution in [0.5, 0.6) is 0 Å². The Morgan fingerprint density at radius 3 is 2.41 bits per heavy atom. The van der Waals surface area contributed by atoms with E-state index in [2.05, 4.69) is 60.4 Å². The van der Waals surface area contributed by atoms with Crippen LogP contribution in [0.1, 0.15) is 37.5 Å². The molecule has 140 valence electrons. The highest BCUT2D eigenvalue weighted by Gasteiger charge is 2.13. The van der Waals surface area contributed by atoms with Crippen molar-refractivity contribution in [1.82, 2.24) is 14.8 Å². The van der Waals surface area contributed by atoms with Crippen LogP contribution in [0.3, 0.4) is 0 Å². The van der Waals surface area contributed by atoms with Crippen molar-refractivity contribution in [1.29, 1.82) is 0 Å². The highest BCUT2D eigenvalue weighted by atomic mass is 35.5. The summed E-state index contributed by atoms with van der Waals surface area (Å²) in [5.41, 5.74) is 3.35. The van der Waals surface area contributed by atoms with Crippen LogP contribution in [0.25, 0.3) is 0 Å². The lowest BCUT2D eigenvalue weighted by Crippen LogP contribution is -2.18. The SMILES string of the molecule is CC(C)(C)c1ccc(Cn2nccc2NC(=O)Cc2ccc(Cl)nc2)cc1. The molecule has 0 aliphatic carbocycles. The summed E-state index contributed by atoms with van der Waals surface area (Å²) in [6.45, 7) is 7.17. The first-order valence-electron chi connectivity index (χ1n) is 8.83. The molecule has 3 rings (SSSR count). The van der Waals surface area contributed by atoms with Gasteiger partial charge in [0.15, 0.2) is 0 Å². The lowest BCUT2D eigenvalue weighted by Gasteiger charge is -2.19. The van der Waals surface area contributed by atoms with Crippen molar-refractivity contribution in [3.63, 3.8) is 0 Å². The molecule has 0 bridgehead atoms. The van der Waals surface area contributed by atoms with Gasteiger partial charge in [0, 0.05) is 12.3 Å². The van der Waals surface area contributed by atoms with Gasteiger partial charge in [-0.15, -0.1) is 0 Å². The molecular weight excluding hydrogens is 360 g/mol. The Morgan fingerprint density at radius 1 is 1.07 bits per heavy atom. The summed E-state index contributed by atoms with van der Waals surface area (Å²) in [7, 11) is 0. The lowest BCUT2D eigenvalue weighted by atomic mass is 9.87. The third-order valence-electron chi connectivity index (χ3n) is 4.29. The van der Waals surface area contributed by atoms with E-state index >= 15 is 0 Å². The average Bonchev–Trinajstić information content (AvgIpc) is 3.03. The summed E-state index contributed by atoms with van der Waals surface area (Å²) in [4.78, 5) is 16.3. The van der Waals surface area contributed by atoms with Gasteiger partial charge in [0.25, 0.3) is 0 Å². The monoisotopic (exact) mass is 382 g/mol. The van der Waals surface area contributed by atoms with Crippen molar-refractivity contribution < 1.29 is 4.79 Å². The molecular formula is C21H23ClN4O. The normalized spacial score (nSPS) is 11.4. The number of carbonyl (C=O) groups is 1. The number of pyridine rings is 1. The van der Waals surface area contributed by atoms with Crippen LogP contribution in [0.2, 0.25) is 5.15 Å². The molecule has 0 fully saturated rings. The van der Waals surface area contributed by atoms with Crippen molar-refractivity contribution in [3.05, 3.63) is 76.7 Å². The Balaban J connectivity index is 1.65. The molecule has 0 unspecified atom stereocenters. The molecule has 6 heteroatoms. The quantitative estimate of drug-likeness (QED) is 0.663. The maximum Gasteiger partial charge on any atom is 0.229 e. The van der Waals surface area contributed by atoms with E-state index in [0.717, 1.165) is 11.1 Å². The number of halogens is 1. The number of nitrogens with one attached hydrogen (secondary N) is 1. The molecule has 0 radical (unpaired) electrons. The molecule has 0 aliphatic heterocycles. The average molecular weight is 383 g/mol. The zero-order valence-corrected chi connectivity index (χ0v) is 16.5. The first-order valence-corrected chi connectivity index (χ1v) is 9.20. The van der Waals surface area contributed by atoms with Crippen LogP contribution < -0.4 is 5.32 Å². The van der Waals surface area contributed by atoms with Gasteiger partial charge in [0.2, 0.25) is 5.91 Å². The Labute approximate surface area is 164 Å². The second kappa shape index (κ2) is 7.92. The van der Waals surface area contributed by atoms with E-state index in [0.29, 0.717) is 17.5 Å². The van der Waals surface area contributed by atoms with Crippen LogP contribution in [0, 0.1) is 0 Å². The molecule has 0 spiro atoms. The summed E-state index contributed by atoms with van der Waals surface area (Å²) < 4.78 is 1.78.